The Hall–Kier alpha value is -2.93. The lowest BCUT2D eigenvalue weighted by atomic mass is 10.1. The number of aromatic nitrogens is 2. The van der Waals surface area contributed by atoms with E-state index in [1.807, 2.05) is 44.4 Å². The van der Waals surface area contributed by atoms with Crippen molar-refractivity contribution < 1.29 is 4.74 Å². The van der Waals surface area contributed by atoms with Crippen LogP contribution in [-0.4, -0.2) is 30.3 Å². The Morgan fingerprint density at radius 2 is 1.93 bits per heavy atom. The monoisotopic (exact) mass is 373 g/mol. The van der Waals surface area contributed by atoms with Gasteiger partial charge in [0.15, 0.2) is 0 Å². The standard InChI is InChI=1S/C24H27N3O/c1-18-16-22-23(24(25-18)26(2)3)19(17-27(22)20-11-7-8-12-20)10-9-15-28-21-13-5-4-6-14-21/h4-6,13-14,16-17,20H,7-8,11-12,15H2,1-3H3. The summed E-state index contributed by atoms with van der Waals surface area (Å²) >= 11 is 0. The van der Waals surface area contributed by atoms with Crippen LogP contribution in [0, 0.1) is 18.8 Å². The lowest BCUT2D eigenvalue weighted by molar-refractivity contribution is 0.370. The van der Waals surface area contributed by atoms with E-state index in [9.17, 15) is 0 Å². The molecule has 0 spiro atoms. The van der Waals surface area contributed by atoms with Crippen LogP contribution in [0.15, 0.2) is 42.6 Å². The van der Waals surface area contributed by atoms with Crippen LogP contribution < -0.4 is 9.64 Å². The zero-order chi connectivity index (χ0) is 19.5. The maximum Gasteiger partial charge on any atom is 0.149 e. The van der Waals surface area contributed by atoms with Gasteiger partial charge in [0.05, 0.1) is 16.5 Å². The first-order valence-corrected chi connectivity index (χ1v) is 9.99. The third-order valence-corrected chi connectivity index (χ3v) is 5.34. The molecule has 144 valence electrons. The van der Waals surface area contributed by atoms with Gasteiger partial charge in [-0.15, -0.1) is 0 Å². The molecule has 0 radical (unpaired) electrons. The van der Waals surface area contributed by atoms with Crippen LogP contribution in [0.2, 0.25) is 0 Å². The Morgan fingerprint density at radius 3 is 2.64 bits per heavy atom. The molecule has 0 aliphatic heterocycles. The first-order chi connectivity index (χ1) is 13.6. The fraction of sp³-hybridized carbons (Fsp3) is 0.375. The molecule has 0 saturated heterocycles. The highest BCUT2D eigenvalue weighted by molar-refractivity contribution is 5.96. The van der Waals surface area contributed by atoms with Gasteiger partial charge >= 0.3 is 0 Å². The number of rotatable bonds is 4. The minimum Gasteiger partial charge on any atom is -0.481 e. The van der Waals surface area contributed by atoms with Gasteiger partial charge in [-0.1, -0.05) is 42.9 Å². The number of hydrogen-bond acceptors (Lipinski definition) is 3. The van der Waals surface area contributed by atoms with Crippen molar-refractivity contribution in [2.45, 2.75) is 38.6 Å². The Morgan fingerprint density at radius 1 is 1.18 bits per heavy atom. The van der Waals surface area contributed by atoms with E-state index in [1.54, 1.807) is 0 Å². The van der Waals surface area contributed by atoms with Crippen molar-refractivity contribution in [2.24, 2.45) is 0 Å². The minimum absolute atomic E-state index is 0.372. The van der Waals surface area contributed by atoms with Crippen LogP contribution in [0.4, 0.5) is 5.82 Å². The molecule has 4 rings (SSSR count). The number of nitrogens with zero attached hydrogens (tertiary/aromatic N) is 3. The van der Waals surface area contributed by atoms with E-state index in [0.29, 0.717) is 12.6 Å². The molecule has 1 aromatic carbocycles. The summed E-state index contributed by atoms with van der Waals surface area (Å²) in [6, 6.07) is 12.6. The zero-order valence-electron chi connectivity index (χ0n) is 16.9. The summed E-state index contributed by atoms with van der Waals surface area (Å²) in [5.41, 5.74) is 3.33. The SMILES string of the molecule is Cc1cc2c(c(C#CCOc3ccccc3)cn2C2CCCC2)c(N(C)C)n1. The molecule has 0 amide bonds. The number of hydrogen-bond donors (Lipinski definition) is 0. The van der Waals surface area contributed by atoms with Crippen LogP contribution in [0.3, 0.4) is 0 Å². The molecule has 0 bridgehead atoms. The fourth-order valence-electron chi connectivity index (χ4n) is 4.05. The second-order valence-corrected chi connectivity index (χ2v) is 7.67. The molecule has 4 nitrogen and oxygen atoms in total. The number of aryl methyl sites for hydroxylation is 1. The second-order valence-electron chi connectivity index (χ2n) is 7.67. The molecule has 4 heteroatoms. The van der Waals surface area contributed by atoms with Gasteiger partial charge in [-0.2, -0.15) is 0 Å². The van der Waals surface area contributed by atoms with E-state index < -0.39 is 0 Å². The summed E-state index contributed by atoms with van der Waals surface area (Å²) in [4.78, 5) is 6.87. The maximum absolute atomic E-state index is 5.74. The van der Waals surface area contributed by atoms with Gasteiger partial charge in [0.1, 0.15) is 18.2 Å². The highest BCUT2D eigenvalue weighted by atomic mass is 16.5. The molecule has 1 aliphatic rings. The summed E-state index contributed by atoms with van der Waals surface area (Å²) < 4.78 is 8.17. The summed E-state index contributed by atoms with van der Waals surface area (Å²) in [6.07, 6.45) is 7.32. The molecule has 0 unspecified atom stereocenters. The molecule has 2 aromatic heterocycles. The predicted octanol–water partition coefficient (Wildman–Crippen LogP) is 4.96. The average Bonchev–Trinajstić information content (AvgIpc) is 3.33. The average molecular weight is 374 g/mol. The van der Waals surface area contributed by atoms with Crippen molar-refractivity contribution in [1.82, 2.24) is 9.55 Å². The normalized spacial score (nSPS) is 14.1. The number of benzene rings is 1. The maximum atomic E-state index is 5.74. The van der Waals surface area contributed by atoms with Crippen molar-refractivity contribution in [3.8, 4) is 17.6 Å². The number of pyridine rings is 1. The van der Waals surface area contributed by atoms with Gasteiger partial charge < -0.3 is 14.2 Å². The topological polar surface area (TPSA) is 30.3 Å². The summed E-state index contributed by atoms with van der Waals surface area (Å²) in [7, 11) is 4.09. The Kier molecular flexibility index (Phi) is 5.25. The van der Waals surface area contributed by atoms with E-state index in [2.05, 4.69) is 40.5 Å². The third-order valence-electron chi connectivity index (χ3n) is 5.34. The van der Waals surface area contributed by atoms with Gasteiger partial charge in [-0.05, 0) is 38.0 Å². The van der Waals surface area contributed by atoms with Gasteiger partial charge in [0, 0.05) is 32.0 Å². The van der Waals surface area contributed by atoms with E-state index >= 15 is 0 Å². The molecule has 3 aromatic rings. The van der Waals surface area contributed by atoms with Crippen LogP contribution in [0.1, 0.15) is 43.0 Å². The van der Waals surface area contributed by atoms with Crippen molar-refractivity contribution >= 4 is 16.7 Å². The Bertz CT molecular complexity index is 1020. The van der Waals surface area contributed by atoms with Crippen molar-refractivity contribution in [1.29, 1.82) is 0 Å². The molecule has 2 heterocycles. The molecule has 1 aliphatic carbocycles. The first kappa shape index (κ1) is 18.4. The molecular formula is C24H27N3O. The predicted molar refractivity (Wildman–Crippen MR) is 115 cm³/mol. The lowest BCUT2D eigenvalue weighted by Gasteiger charge is -2.16. The number of fused-ring (bicyclic) bond motifs is 1. The zero-order valence-corrected chi connectivity index (χ0v) is 16.9. The Labute approximate surface area is 167 Å². The lowest BCUT2D eigenvalue weighted by Crippen LogP contribution is -2.12. The molecule has 0 atom stereocenters. The van der Waals surface area contributed by atoms with Gasteiger partial charge in [0.2, 0.25) is 0 Å². The number of para-hydroxylation sites is 1. The van der Waals surface area contributed by atoms with E-state index in [1.165, 1.54) is 31.2 Å². The van der Waals surface area contributed by atoms with Crippen molar-refractivity contribution in [3.63, 3.8) is 0 Å². The summed E-state index contributed by atoms with van der Waals surface area (Å²) in [6.45, 7) is 2.44. The van der Waals surface area contributed by atoms with E-state index in [0.717, 1.165) is 28.2 Å². The van der Waals surface area contributed by atoms with Crippen LogP contribution >= 0.6 is 0 Å². The number of ether oxygens (including phenoxy) is 1. The molecule has 1 saturated carbocycles. The van der Waals surface area contributed by atoms with Gasteiger partial charge in [-0.3, -0.25) is 0 Å². The summed E-state index contributed by atoms with van der Waals surface area (Å²) in [5.74, 6) is 8.38. The van der Waals surface area contributed by atoms with Crippen molar-refractivity contribution in [2.75, 3.05) is 25.6 Å². The first-order valence-electron chi connectivity index (χ1n) is 9.99. The van der Waals surface area contributed by atoms with E-state index in [-0.39, 0.29) is 0 Å². The van der Waals surface area contributed by atoms with Crippen LogP contribution in [0.25, 0.3) is 10.9 Å². The fourth-order valence-corrected chi connectivity index (χ4v) is 4.05. The quantitative estimate of drug-likeness (QED) is 0.606. The van der Waals surface area contributed by atoms with Crippen LogP contribution in [-0.2, 0) is 0 Å². The molecule has 0 N–H and O–H groups in total. The summed E-state index contributed by atoms with van der Waals surface area (Å²) in [5, 5.41) is 1.15. The van der Waals surface area contributed by atoms with Crippen LogP contribution in [0.5, 0.6) is 5.75 Å². The molecule has 1 fully saturated rings. The largest absolute Gasteiger partial charge is 0.481 e. The van der Waals surface area contributed by atoms with Gasteiger partial charge in [-0.25, -0.2) is 4.98 Å². The number of anilines is 1. The third kappa shape index (κ3) is 3.71. The molecule has 28 heavy (non-hydrogen) atoms. The second kappa shape index (κ2) is 7.98. The highest BCUT2D eigenvalue weighted by Gasteiger charge is 2.22. The van der Waals surface area contributed by atoms with Crippen molar-refractivity contribution in [3.05, 3.63) is 53.9 Å². The highest BCUT2D eigenvalue weighted by Crippen LogP contribution is 2.37. The molecular weight excluding hydrogens is 346 g/mol. The Balaban J connectivity index is 1.72. The smallest absolute Gasteiger partial charge is 0.149 e. The van der Waals surface area contributed by atoms with E-state index in [4.69, 9.17) is 9.72 Å². The minimum atomic E-state index is 0.372. The van der Waals surface area contributed by atoms with Gasteiger partial charge in [0.25, 0.3) is 0 Å².